The summed E-state index contributed by atoms with van der Waals surface area (Å²) < 4.78 is 22.2. The van der Waals surface area contributed by atoms with Gasteiger partial charge >= 0.3 is 0 Å². The molecular weight excluding hydrogens is 280 g/mol. The summed E-state index contributed by atoms with van der Waals surface area (Å²) in [6.45, 7) is 2.65. The minimum absolute atomic E-state index is 0.0491. The van der Waals surface area contributed by atoms with Gasteiger partial charge < -0.3 is 5.32 Å². The van der Waals surface area contributed by atoms with E-state index in [2.05, 4.69) is 26.0 Å². The molecule has 0 saturated heterocycles. The molecule has 1 aromatic rings. The van der Waals surface area contributed by atoms with Gasteiger partial charge in [-0.1, -0.05) is 0 Å². The second-order valence-electron chi connectivity index (χ2n) is 3.90. The second-order valence-corrected chi connectivity index (χ2v) is 5.46. The van der Waals surface area contributed by atoms with Crippen LogP contribution in [0.3, 0.4) is 0 Å². The Morgan fingerprint density at radius 2 is 2.00 bits per heavy atom. The molecule has 0 aromatic heterocycles. The van der Waals surface area contributed by atoms with Gasteiger partial charge in [-0.05, 0) is 31.2 Å². The zero-order valence-electron chi connectivity index (χ0n) is 10.7. The summed E-state index contributed by atoms with van der Waals surface area (Å²) >= 11 is 0. The van der Waals surface area contributed by atoms with Gasteiger partial charge in [0.05, 0.1) is 16.8 Å². The molecule has 0 amide bonds. The largest absolute Gasteiger partial charge is 0.367 e. The van der Waals surface area contributed by atoms with Gasteiger partial charge in [0.2, 0.25) is 10.0 Å². The maximum atomic E-state index is 11.1. The van der Waals surface area contributed by atoms with Crippen molar-refractivity contribution < 1.29 is 8.42 Å². The number of anilines is 1. The molecule has 8 nitrogen and oxygen atoms in total. The number of nitrogens with one attached hydrogen (secondary N) is 2. The minimum Gasteiger partial charge on any atom is -0.367 e. The zero-order valence-corrected chi connectivity index (χ0v) is 11.6. The fourth-order valence-electron chi connectivity index (χ4n) is 1.47. The van der Waals surface area contributed by atoms with Crippen LogP contribution in [0, 0.1) is 0 Å². The van der Waals surface area contributed by atoms with Crippen molar-refractivity contribution in [3.8, 4) is 0 Å². The standard InChI is InChI=1S/C11H14N6O2S/c1-2-13-11-10(7-14-17-11)16-15-8-3-5-9(6-4-8)20(12,18)19/h3-7,15H,2H2,1H3,(H2,12,18,19)(H,13,16,17). The van der Waals surface area contributed by atoms with Crippen molar-refractivity contribution in [1.29, 1.82) is 0 Å². The van der Waals surface area contributed by atoms with Gasteiger partial charge in [0.25, 0.3) is 0 Å². The number of primary sulfonamides is 1. The van der Waals surface area contributed by atoms with Gasteiger partial charge in [0.15, 0.2) is 5.84 Å². The van der Waals surface area contributed by atoms with Crippen molar-refractivity contribution in [2.75, 3.05) is 12.0 Å². The fourth-order valence-corrected chi connectivity index (χ4v) is 1.99. The van der Waals surface area contributed by atoms with E-state index >= 15 is 0 Å². The van der Waals surface area contributed by atoms with E-state index < -0.39 is 10.0 Å². The van der Waals surface area contributed by atoms with Crippen LogP contribution < -0.4 is 15.9 Å². The Bertz CT molecular complexity index is 675. The first-order valence-corrected chi connectivity index (χ1v) is 7.37. The first-order chi connectivity index (χ1) is 9.50. The molecule has 20 heavy (non-hydrogen) atoms. The first kappa shape index (κ1) is 14.2. The van der Waals surface area contributed by atoms with Gasteiger partial charge in [-0.25, -0.2) is 13.6 Å². The Labute approximate surface area is 116 Å². The third kappa shape index (κ3) is 3.39. The van der Waals surface area contributed by atoms with Crippen molar-refractivity contribution in [3.63, 3.8) is 0 Å². The highest BCUT2D eigenvalue weighted by atomic mass is 32.2. The molecule has 0 spiro atoms. The molecule has 106 valence electrons. The number of amidine groups is 1. The molecule has 0 bridgehead atoms. The number of hydrogen-bond donors (Lipinski definition) is 3. The lowest BCUT2D eigenvalue weighted by molar-refractivity contribution is 0.598. The number of nitrogens with two attached hydrogens (primary N) is 1. The lowest BCUT2D eigenvalue weighted by atomic mass is 10.3. The predicted octanol–water partition coefficient (Wildman–Crippen LogP) is 0.109. The second kappa shape index (κ2) is 5.80. The molecule has 1 aliphatic heterocycles. The zero-order chi connectivity index (χ0) is 14.6. The highest BCUT2D eigenvalue weighted by Gasteiger charge is 2.11. The summed E-state index contributed by atoms with van der Waals surface area (Å²) in [7, 11) is -3.68. The summed E-state index contributed by atoms with van der Waals surface area (Å²) in [6, 6.07) is 5.94. The van der Waals surface area contributed by atoms with E-state index in [0.29, 0.717) is 23.8 Å². The molecule has 0 fully saturated rings. The fraction of sp³-hybridized carbons (Fsp3) is 0.182. The number of hydrogen-bond acceptors (Lipinski definition) is 7. The van der Waals surface area contributed by atoms with E-state index in [1.54, 1.807) is 12.1 Å². The maximum absolute atomic E-state index is 11.1. The molecule has 1 heterocycles. The van der Waals surface area contributed by atoms with Gasteiger partial charge in [-0.2, -0.15) is 10.2 Å². The van der Waals surface area contributed by atoms with E-state index in [1.165, 1.54) is 18.3 Å². The molecular formula is C11H14N6O2S. The van der Waals surface area contributed by atoms with Crippen LogP contribution in [0.2, 0.25) is 0 Å². The van der Waals surface area contributed by atoms with Gasteiger partial charge in [0, 0.05) is 6.54 Å². The summed E-state index contributed by atoms with van der Waals surface area (Å²) in [5.74, 6) is 0.584. The van der Waals surface area contributed by atoms with Crippen LogP contribution in [-0.4, -0.2) is 32.7 Å². The highest BCUT2D eigenvalue weighted by molar-refractivity contribution is 7.89. The average Bonchev–Trinajstić information content (AvgIpc) is 2.84. The Hall–Kier alpha value is -2.26. The van der Waals surface area contributed by atoms with E-state index in [-0.39, 0.29) is 4.90 Å². The van der Waals surface area contributed by atoms with Gasteiger partial charge in [-0.3, -0.25) is 5.43 Å². The summed E-state index contributed by atoms with van der Waals surface area (Å²) in [6.07, 6.45) is 1.52. The monoisotopic (exact) mass is 294 g/mol. The van der Waals surface area contributed by atoms with Crippen LogP contribution in [0.15, 0.2) is 44.5 Å². The Morgan fingerprint density at radius 3 is 2.60 bits per heavy atom. The van der Waals surface area contributed by atoms with Crippen LogP contribution in [0.4, 0.5) is 5.69 Å². The van der Waals surface area contributed by atoms with Crippen molar-refractivity contribution in [2.24, 2.45) is 20.4 Å². The molecule has 2 rings (SSSR count). The molecule has 4 N–H and O–H groups in total. The first-order valence-electron chi connectivity index (χ1n) is 5.82. The Balaban J connectivity index is 2.08. The van der Waals surface area contributed by atoms with Crippen molar-refractivity contribution in [3.05, 3.63) is 24.3 Å². The molecule has 0 saturated carbocycles. The number of nitrogens with zero attached hydrogens (tertiary/aromatic N) is 3. The SMILES string of the molecule is CCNC1=NN=C/C1=N\Nc1ccc(S(N)(=O)=O)cc1. The van der Waals surface area contributed by atoms with E-state index in [1.807, 2.05) is 6.92 Å². The number of hydrazone groups is 1. The van der Waals surface area contributed by atoms with Crippen LogP contribution in [0.25, 0.3) is 0 Å². The normalized spacial score (nSPS) is 16.3. The topological polar surface area (TPSA) is 121 Å². The van der Waals surface area contributed by atoms with Gasteiger partial charge in [-0.15, -0.1) is 5.10 Å². The third-order valence-electron chi connectivity index (χ3n) is 2.41. The number of rotatable bonds is 4. The van der Waals surface area contributed by atoms with Crippen molar-refractivity contribution in [2.45, 2.75) is 11.8 Å². The highest BCUT2D eigenvalue weighted by Crippen LogP contribution is 2.12. The van der Waals surface area contributed by atoms with Crippen LogP contribution >= 0.6 is 0 Å². The van der Waals surface area contributed by atoms with E-state index in [0.717, 1.165) is 0 Å². The molecule has 0 aliphatic carbocycles. The molecule has 9 heteroatoms. The Morgan fingerprint density at radius 1 is 1.30 bits per heavy atom. The average molecular weight is 294 g/mol. The predicted molar refractivity (Wildman–Crippen MR) is 78.5 cm³/mol. The number of sulfonamides is 1. The Kier molecular flexibility index (Phi) is 4.11. The molecule has 1 aliphatic rings. The minimum atomic E-state index is -3.68. The molecule has 0 atom stereocenters. The summed E-state index contributed by atoms with van der Waals surface area (Å²) in [5, 5.41) is 19.8. The number of benzene rings is 1. The maximum Gasteiger partial charge on any atom is 0.238 e. The molecule has 1 aromatic carbocycles. The van der Waals surface area contributed by atoms with E-state index in [4.69, 9.17) is 5.14 Å². The van der Waals surface area contributed by atoms with Crippen LogP contribution in [0.5, 0.6) is 0 Å². The van der Waals surface area contributed by atoms with Crippen molar-refractivity contribution in [1.82, 2.24) is 5.32 Å². The van der Waals surface area contributed by atoms with E-state index in [9.17, 15) is 8.42 Å². The van der Waals surface area contributed by atoms with Crippen LogP contribution in [-0.2, 0) is 10.0 Å². The summed E-state index contributed by atoms with van der Waals surface area (Å²) in [5.41, 5.74) is 3.99. The van der Waals surface area contributed by atoms with Crippen LogP contribution in [0.1, 0.15) is 6.92 Å². The van der Waals surface area contributed by atoms with Gasteiger partial charge in [0.1, 0.15) is 5.71 Å². The molecule has 0 radical (unpaired) electrons. The summed E-state index contributed by atoms with van der Waals surface area (Å²) in [4.78, 5) is 0.0491. The molecule has 0 unspecified atom stereocenters. The smallest absolute Gasteiger partial charge is 0.238 e. The lowest BCUT2D eigenvalue weighted by Crippen LogP contribution is -2.30. The third-order valence-corrected chi connectivity index (χ3v) is 3.34. The lowest BCUT2D eigenvalue weighted by Gasteiger charge is -2.04. The van der Waals surface area contributed by atoms with Crippen molar-refractivity contribution >= 4 is 33.5 Å². The quantitative estimate of drug-likeness (QED) is 0.682.